The minimum Gasteiger partial charge on any atom is -0.491 e. The Balaban J connectivity index is 1.30. The Kier molecular flexibility index (Phi) is 8.21. The van der Waals surface area contributed by atoms with Crippen LogP contribution in [0.2, 0.25) is 10.0 Å². The van der Waals surface area contributed by atoms with Crippen molar-refractivity contribution >= 4 is 29.1 Å². The number of benzene rings is 2. The molecule has 0 spiro atoms. The molecule has 1 N–H and O–H groups in total. The van der Waals surface area contributed by atoms with Gasteiger partial charge in [-0.3, -0.25) is 14.7 Å². The van der Waals surface area contributed by atoms with Gasteiger partial charge in [-0.1, -0.05) is 53.5 Å². The number of piperidine rings is 1. The van der Waals surface area contributed by atoms with Gasteiger partial charge in [0.15, 0.2) is 0 Å². The zero-order valence-corrected chi connectivity index (χ0v) is 19.8. The molecule has 4 rings (SSSR count). The summed E-state index contributed by atoms with van der Waals surface area (Å²) < 4.78 is 5.80. The average molecular weight is 484 g/mol. The number of ether oxygens (including phenoxy) is 1. The number of likely N-dealkylation sites (tertiary alicyclic amines) is 1. The van der Waals surface area contributed by atoms with Crippen LogP contribution in [0.3, 0.4) is 0 Å². The number of nitrogens with one attached hydrogen (secondary N) is 1. The summed E-state index contributed by atoms with van der Waals surface area (Å²) in [6.07, 6.45) is 3.37. The molecule has 1 atom stereocenters. The van der Waals surface area contributed by atoms with Crippen LogP contribution in [0.15, 0.2) is 72.9 Å². The number of aromatic nitrogens is 1. The maximum absolute atomic E-state index is 13.1. The van der Waals surface area contributed by atoms with Crippen LogP contribution in [0, 0.1) is 5.92 Å². The summed E-state index contributed by atoms with van der Waals surface area (Å²) in [5.41, 5.74) is 1.77. The first-order valence-electron chi connectivity index (χ1n) is 11.2. The molecule has 0 saturated carbocycles. The molecule has 7 heteroatoms. The van der Waals surface area contributed by atoms with Gasteiger partial charge in [0.05, 0.1) is 16.8 Å². The lowest BCUT2D eigenvalue weighted by Crippen LogP contribution is -2.42. The van der Waals surface area contributed by atoms with Gasteiger partial charge in [0, 0.05) is 23.7 Å². The van der Waals surface area contributed by atoms with Gasteiger partial charge in [0.2, 0.25) is 5.91 Å². The standard InChI is InChI=1S/C26H27Cl2N3O2/c27-21-10-8-19(9-11-21)25(23-6-3-4-14-29-23)30-26(32)20-12-15-31(16-13-20)17-18-33-24-7-2-1-5-22(24)28/h1-11,14,20,25H,12-13,15-18H2,(H,30,32)/t25-/m1/s1. The van der Waals surface area contributed by atoms with Crippen molar-refractivity contribution in [1.29, 1.82) is 0 Å². The second kappa shape index (κ2) is 11.5. The van der Waals surface area contributed by atoms with Crippen LogP contribution < -0.4 is 10.1 Å². The lowest BCUT2D eigenvalue weighted by Gasteiger charge is -2.32. The number of amides is 1. The number of nitrogens with zero attached hydrogens (tertiary/aromatic N) is 2. The Labute approximate surface area is 204 Å². The first kappa shape index (κ1) is 23.6. The van der Waals surface area contributed by atoms with E-state index in [9.17, 15) is 4.79 Å². The summed E-state index contributed by atoms with van der Waals surface area (Å²) in [5.74, 6) is 0.744. The second-order valence-electron chi connectivity index (χ2n) is 8.14. The van der Waals surface area contributed by atoms with Crippen molar-refractivity contribution in [2.24, 2.45) is 5.92 Å². The zero-order chi connectivity index (χ0) is 23.0. The van der Waals surface area contributed by atoms with E-state index < -0.39 is 0 Å². The highest BCUT2D eigenvalue weighted by molar-refractivity contribution is 6.32. The second-order valence-corrected chi connectivity index (χ2v) is 8.99. The number of halogens is 2. The Hall–Kier alpha value is -2.60. The van der Waals surface area contributed by atoms with Gasteiger partial charge in [-0.15, -0.1) is 0 Å². The van der Waals surface area contributed by atoms with E-state index in [0.29, 0.717) is 22.4 Å². The van der Waals surface area contributed by atoms with Gasteiger partial charge >= 0.3 is 0 Å². The van der Waals surface area contributed by atoms with Crippen LogP contribution in [0.5, 0.6) is 5.75 Å². The number of carbonyl (C=O) groups excluding carboxylic acids is 1. The number of para-hydroxylation sites is 1. The molecule has 2 aromatic carbocycles. The maximum Gasteiger partial charge on any atom is 0.224 e. The Morgan fingerprint density at radius 2 is 1.76 bits per heavy atom. The van der Waals surface area contributed by atoms with Crippen molar-refractivity contribution in [3.8, 4) is 5.75 Å². The molecule has 1 aliphatic heterocycles. The van der Waals surface area contributed by atoms with E-state index in [-0.39, 0.29) is 17.9 Å². The van der Waals surface area contributed by atoms with Crippen LogP contribution in [0.1, 0.15) is 30.1 Å². The third-order valence-corrected chi connectivity index (χ3v) is 6.50. The summed E-state index contributed by atoms with van der Waals surface area (Å²) in [4.78, 5) is 19.9. The van der Waals surface area contributed by atoms with Crippen molar-refractivity contribution in [2.75, 3.05) is 26.2 Å². The summed E-state index contributed by atoms with van der Waals surface area (Å²) >= 11 is 12.2. The molecule has 1 aliphatic rings. The Bertz CT molecular complexity index is 1040. The number of hydrogen-bond donors (Lipinski definition) is 1. The molecule has 2 heterocycles. The molecule has 0 bridgehead atoms. The third-order valence-electron chi connectivity index (χ3n) is 5.93. The third kappa shape index (κ3) is 6.47. The molecule has 3 aromatic rings. The fraction of sp³-hybridized carbons (Fsp3) is 0.308. The summed E-state index contributed by atoms with van der Waals surface area (Å²) in [7, 11) is 0. The number of carbonyl (C=O) groups is 1. The lowest BCUT2D eigenvalue weighted by atomic mass is 9.94. The van der Waals surface area contributed by atoms with Crippen LogP contribution >= 0.6 is 23.2 Å². The lowest BCUT2D eigenvalue weighted by molar-refractivity contribution is -0.127. The van der Waals surface area contributed by atoms with E-state index in [4.69, 9.17) is 27.9 Å². The van der Waals surface area contributed by atoms with E-state index in [1.165, 1.54) is 0 Å². The minimum atomic E-state index is -0.307. The first-order chi connectivity index (χ1) is 16.1. The topological polar surface area (TPSA) is 54.5 Å². The van der Waals surface area contributed by atoms with Crippen LogP contribution in [-0.4, -0.2) is 42.0 Å². The molecule has 0 aliphatic carbocycles. The van der Waals surface area contributed by atoms with Crippen molar-refractivity contribution < 1.29 is 9.53 Å². The van der Waals surface area contributed by atoms with Crippen LogP contribution in [-0.2, 0) is 4.79 Å². The summed E-state index contributed by atoms with van der Waals surface area (Å²) in [5, 5.41) is 4.51. The van der Waals surface area contributed by atoms with E-state index in [0.717, 1.165) is 43.7 Å². The van der Waals surface area contributed by atoms with Gasteiger partial charge in [0.1, 0.15) is 12.4 Å². The van der Waals surface area contributed by atoms with E-state index >= 15 is 0 Å². The molecule has 172 valence electrons. The fourth-order valence-corrected chi connectivity index (χ4v) is 4.37. The minimum absolute atomic E-state index is 0.0238. The number of rotatable bonds is 8. The highest BCUT2D eigenvalue weighted by atomic mass is 35.5. The molecule has 1 amide bonds. The van der Waals surface area contributed by atoms with Crippen LogP contribution in [0.4, 0.5) is 0 Å². The molecule has 5 nitrogen and oxygen atoms in total. The maximum atomic E-state index is 13.1. The zero-order valence-electron chi connectivity index (χ0n) is 18.3. The smallest absolute Gasteiger partial charge is 0.224 e. The molecule has 0 unspecified atom stereocenters. The largest absolute Gasteiger partial charge is 0.491 e. The molecule has 1 aromatic heterocycles. The first-order valence-corrected chi connectivity index (χ1v) is 11.9. The van der Waals surface area contributed by atoms with Crippen molar-refractivity contribution in [3.05, 3.63) is 94.2 Å². The van der Waals surface area contributed by atoms with E-state index in [1.54, 1.807) is 6.20 Å². The van der Waals surface area contributed by atoms with E-state index in [1.807, 2.05) is 66.7 Å². The van der Waals surface area contributed by atoms with Crippen molar-refractivity contribution in [2.45, 2.75) is 18.9 Å². The summed E-state index contributed by atoms with van der Waals surface area (Å²) in [6, 6.07) is 20.5. The van der Waals surface area contributed by atoms with Gasteiger partial charge in [-0.2, -0.15) is 0 Å². The predicted molar refractivity (Wildman–Crippen MR) is 132 cm³/mol. The molecular weight excluding hydrogens is 457 g/mol. The van der Waals surface area contributed by atoms with Gasteiger partial charge in [-0.05, 0) is 67.9 Å². The number of hydrogen-bond acceptors (Lipinski definition) is 4. The Morgan fingerprint density at radius 3 is 2.45 bits per heavy atom. The van der Waals surface area contributed by atoms with E-state index in [2.05, 4.69) is 15.2 Å². The Morgan fingerprint density at radius 1 is 1.03 bits per heavy atom. The predicted octanol–water partition coefficient (Wildman–Crippen LogP) is 5.39. The van der Waals surface area contributed by atoms with Crippen molar-refractivity contribution in [3.63, 3.8) is 0 Å². The molecule has 33 heavy (non-hydrogen) atoms. The molecule has 0 radical (unpaired) electrons. The molecule has 1 fully saturated rings. The monoisotopic (exact) mass is 483 g/mol. The van der Waals surface area contributed by atoms with Crippen LogP contribution in [0.25, 0.3) is 0 Å². The van der Waals surface area contributed by atoms with Crippen molar-refractivity contribution in [1.82, 2.24) is 15.2 Å². The van der Waals surface area contributed by atoms with Gasteiger partial charge in [-0.25, -0.2) is 0 Å². The highest BCUT2D eigenvalue weighted by Gasteiger charge is 2.27. The average Bonchev–Trinajstić information content (AvgIpc) is 2.85. The molecule has 1 saturated heterocycles. The summed E-state index contributed by atoms with van der Waals surface area (Å²) in [6.45, 7) is 3.10. The fourth-order valence-electron chi connectivity index (χ4n) is 4.06. The van der Waals surface area contributed by atoms with Gasteiger partial charge < -0.3 is 10.1 Å². The quantitative estimate of drug-likeness (QED) is 0.466. The number of pyridine rings is 1. The highest BCUT2D eigenvalue weighted by Crippen LogP contribution is 2.25. The SMILES string of the molecule is O=C(N[C@H](c1ccc(Cl)cc1)c1ccccn1)C1CCN(CCOc2ccccc2Cl)CC1. The normalized spacial score (nSPS) is 15.7. The molecular formula is C26H27Cl2N3O2. The van der Waals surface area contributed by atoms with Gasteiger partial charge in [0.25, 0.3) is 0 Å².